The fourth-order valence-corrected chi connectivity index (χ4v) is 2.25. The SMILES string of the molecule is CCNC(=NCCCOCC(F)(F)F)NCCc1ccc(OC)c(OC)c1.I. The van der Waals surface area contributed by atoms with Gasteiger partial charge in [0.2, 0.25) is 0 Å². The lowest BCUT2D eigenvalue weighted by Gasteiger charge is -2.13. The Kier molecular flexibility index (Phi) is 13.8. The molecular formula is C18H29F3IN3O3. The second kappa shape index (κ2) is 14.6. The number of ether oxygens (including phenoxy) is 3. The van der Waals surface area contributed by atoms with E-state index in [-0.39, 0.29) is 30.6 Å². The number of methoxy groups -OCH3 is 2. The zero-order valence-corrected chi connectivity index (χ0v) is 18.7. The summed E-state index contributed by atoms with van der Waals surface area (Å²) < 4.78 is 51.0. The van der Waals surface area contributed by atoms with Crippen molar-refractivity contribution in [1.29, 1.82) is 0 Å². The molecular weight excluding hydrogens is 490 g/mol. The van der Waals surface area contributed by atoms with Crippen molar-refractivity contribution in [2.45, 2.75) is 25.9 Å². The zero-order chi connectivity index (χ0) is 20.1. The van der Waals surface area contributed by atoms with Crippen LogP contribution in [-0.2, 0) is 11.2 Å². The van der Waals surface area contributed by atoms with Crippen LogP contribution in [0.15, 0.2) is 23.2 Å². The van der Waals surface area contributed by atoms with Crippen molar-refractivity contribution >= 4 is 29.9 Å². The fourth-order valence-electron chi connectivity index (χ4n) is 2.25. The van der Waals surface area contributed by atoms with Gasteiger partial charge < -0.3 is 24.8 Å². The van der Waals surface area contributed by atoms with E-state index in [0.717, 1.165) is 12.0 Å². The van der Waals surface area contributed by atoms with Crippen molar-refractivity contribution in [3.63, 3.8) is 0 Å². The van der Waals surface area contributed by atoms with Crippen LogP contribution in [0.25, 0.3) is 0 Å². The molecule has 0 heterocycles. The number of rotatable bonds is 11. The molecule has 28 heavy (non-hydrogen) atoms. The van der Waals surface area contributed by atoms with Crippen LogP contribution in [0.5, 0.6) is 11.5 Å². The molecule has 6 nitrogen and oxygen atoms in total. The van der Waals surface area contributed by atoms with E-state index >= 15 is 0 Å². The summed E-state index contributed by atoms with van der Waals surface area (Å²) in [4.78, 5) is 4.33. The third-order valence-corrected chi connectivity index (χ3v) is 3.48. The number of aliphatic imine (C=N–C) groups is 1. The van der Waals surface area contributed by atoms with Gasteiger partial charge in [-0.25, -0.2) is 0 Å². The summed E-state index contributed by atoms with van der Waals surface area (Å²) in [6.07, 6.45) is -3.12. The van der Waals surface area contributed by atoms with Crippen molar-refractivity contribution < 1.29 is 27.4 Å². The van der Waals surface area contributed by atoms with Crippen molar-refractivity contribution in [3.8, 4) is 11.5 Å². The summed E-state index contributed by atoms with van der Waals surface area (Å²) in [6.45, 7) is 2.45. The average Bonchev–Trinajstić information content (AvgIpc) is 2.63. The minimum atomic E-state index is -4.29. The molecule has 1 aromatic carbocycles. The van der Waals surface area contributed by atoms with E-state index in [1.165, 1.54) is 0 Å². The van der Waals surface area contributed by atoms with Gasteiger partial charge in [-0.05, 0) is 37.5 Å². The van der Waals surface area contributed by atoms with E-state index in [4.69, 9.17) is 9.47 Å². The Labute approximate surface area is 181 Å². The first-order chi connectivity index (χ1) is 12.9. The molecule has 0 spiro atoms. The van der Waals surface area contributed by atoms with Crippen LogP contribution in [-0.4, -0.2) is 59.2 Å². The maximum atomic E-state index is 12.0. The second-order valence-corrected chi connectivity index (χ2v) is 5.65. The molecule has 0 aliphatic heterocycles. The summed E-state index contributed by atoms with van der Waals surface area (Å²) in [5, 5.41) is 6.29. The van der Waals surface area contributed by atoms with Gasteiger partial charge in [0.15, 0.2) is 17.5 Å². The van der Waals surface area contributed by atoms with Gasteiger partial charge in [-0.1, -0.05) is 6.07 Å². The molecule has 1 rings (SSSR count). The molecule has 0 atom stereocenters. The lowest BCUT2D eigenvalue weighted by molar-refractivity contribution is -0.173. The van der Waals surface area contributed by atoms with Gasteiger partial charge in [0.05, 0.1) is 14.2 Å². The summed E-state index contributed by atoms with van der Waals surface area (Å²) in [7, 11) is 3.18. The van der Waals surface area contributed by atoms with Crippen LogP contribution >= 0.6 is 24.0 Å². The van der Waals surface area contributed by atoms with E-state index in [9.17, 15) is 13.2 Å². The Morgan fingerprint density at radius 1 is 1.11 bits per heavy atom. The molecule has 0 aliphatic rings. The number of benzene rings is 1. The summed E-state index contributed by atoms with van der Waals surface area (Å²) in [5.74, 6) is 1.97. The van der Waals surface area contributed by atoms with E-state index in [2.05, 4.69) is 20.4 Å². The molecule has 0 fully saturated rings. The van der Waals surface area contributed by atoms with Crippen LogP contribution in [0.4, 0.5) is 13.2 Å². The van der Waals surface area contributed by atoms with Gasteiger partial charge in [0.25, 0.3) is 0 Å². The van der Waals surface area contributed by atoms with Crippen molar-refractivity contribution in [2.24, 2.45) is 4.99 Å². The average molecular weight is 519 g/mol. The number of hydrogen-bond acceptors (Lipinski definition) is 4. The molecule has 1 aromatic rings. The minimum absolute atomic E-state index is 0. The molecule has 0 radical (unpaired) electrons. The molecule has 10 heteroatoms. The molecule has 0 aromatic heterocycles. The predicted octanol–water partition coefficient (Wildman–Crippen LogP) is 3.39. The highest BCUT2D eigenvalue weighted by Gasteiger charge is 2.27. The highest BCUT2D eigenvalue weighted by atomic mass is 127. The Balaban J connectivity index is 0.00000729. The highest BCUT2D eigenvalue weighted by molar-refractivity contribution is 14.0. The van der Waals surface area contributed by atoms with E-state index in [1.54, 1.807) is 14.2 Å². The monoisotopic (exact) mass is 519 g/mol. The smallest absolute Gasteiger partial charge is 0.411 e. The molecule has 162 valence electrons. The normalized spacial score (nSPS) is 11.6. The van der Waals surface area contributed by atoms with Crippen LogP contribution in [0.2, 0.25) is 0 Å². The van der Waals surface area contributed by atoms with E-state index in [0.29, 0.717) is 43.5 Å². The van der Waals surface area contributed by atoms with Gasteiger partial charge >= 0.3 is 6.18 Å². The second-order valence-electron chi connectivity index (χ2n) is 5.65. The maximum Gasteiger partial charge on any atom is 0.411 e. The number of alkyl halides is 3. The first kappa shape index (κ1) is 26.6. The van der Waals surface area contributed by atoms with Gasteiger partial charge in [-0.2, -0.15) is 13.2 Å². The van der Waals surface area contributed by atoms with Crippen molar-refractivity contribution in [3.05, 3.63) is 23.8 Å². The van der Waals surface area contributed by atoms with E-state index < -0.39 is 12.8 Å². The fraction of sp³-hybridized carbons (Fsp3) is 0.611. The standard InChI is InChI=1S/C18H28F3N3O3.HI/c1-4-22-17(23-9-5-11-27-13-18(19,20)21)24-10-8-14-6-7-15(25-2)16(12-14)26-3;/h6-7,12H,4-5,8-11,13H2,1-3H3,(H2,22,23,24);1H. The molecule has 0 amide bonds. The number of halogens is 4. The quantitative estimate of drug-likeness (QED) is 0.203. The van der Waals surface area contributed by atoms with Crippen LogP contribution in [0.3, 0.4) is 0 Å². The lowest BCUT2D eigenvalue weighted by atomic mass is 10.1. The van der Waals surface area contributed by atoms with Gasteiger partial charge in [0.1, 0.15) is 6.61 Å². The summed E-state index contributed by atoms with van der Waals surface area (Å²) in [5.41, 5.74) is 1.08. The highest BCUT2D eigenvalue weighted by Crippen LogP contribution is 2.27. The molecule has 0 saturated heterocycles. The predicted molar refractivity (Wildman–Crippen MR) is 114 cm³/mol. The van der Waals surface area contributed by atoms with E-state index in [1.807, 2.05) is 25.1 Å². The summed E-state index contributed by atoms with van der Waals surface area (Å²) >= 11 is 0. The molecule has 0 saturated carbocycles. The third kappa shape index (κ3) is 11.4. The van der Waals surface area contributed by atoms with Crippen molar-refractivity contribution in [2.75, 3.05) is 47.1 Å². The minimum Gasteiger partial charge on any atom is -0.493 e. The third-order valence-electron chi connectivity index (χ3n) is 3.48. The number of nitrogens with one attached hydrogen (secondary N) is 2. The maximum absolute atomic E-state index is 12.0. The van der Waals surface area contributed by atoms with Gasteiger partial charge in [-0.15, -0.1) is 24.0 Å². The molecule has 0 aliphatic carbocycles. The van der Waals surface area contributed by atoms with Crippen LogP contribution in [0, 0.1) is 0 Å². The number of guanidine groups is 1. The van der Waals surface area contributed by atoms with Crippen LogP contribution in [0.1, 0.15) is 18.9 Å². The first-order valence-electron chi connectivity index (χ1n) is 8.77. The Hall–Kier alpha value is -1.43. The Morgan fingerprint density at radius 2 is 1.82 bits per heavy atom. The van der Waals surface area contributed by atoms with Crippen molar-refractivity contribution in [1.82, 2.24) is 10.6 Å². The Morgan fingerprint density at radius 3 is 2.43 bits per heavy atom. The summed E-state index contributed by atoms with van der Waals surface area (Å²) in [6, 6.07) is 5.74. The number of nitrogens with zero attached hydrogens (tertiary/aromatic N) is 1. The lowest BCUT2D eigenvalue weighted by Crippen LogP contribution is -2.38. The topological polar surface area (TPSA) is 64.1 Å². The van der Waals surface area contributed by atoms with Crippen LogP contribution < -0.4 is 20.1 Å². The zero-order valence-electron chi connectivity index (χ0n) is 16.4. The first-order valence-corrected chi connectivity index (χ1v) is 8.77. The van der Waals surface area contributed by atoms with Gasteiger partial charge in [0, 0.05) is 26.2 Å². The largest absolute Gasteiger partial charge is 0.493 e. The molecule has 0 unspecified atom stereocenters. The molecule has 2 N–H and O–H groups in total. The van der Waals surface area contributed by atoms with Gasteiger partial charge in [-0.3, -0.25) is 4.99 Å². The number of hydrogen-bond donors (Lipinski definition) is 2. The molecule has 0 bridgehead atoms. The Bertz CT molecular complexity index is 587.